The topological polar surface area (TPSA) is 49.5 Å². The molecule has 0 spiro atoms. The van der Waals surface area contributed by atoms with Crippen molar-refractivity contribution in [2.24, 2.45) is 0 Å². The number of para-hydroxylation sites is 1. The number of benzene rings is 1. The lowest BCUT2D eigenvalue weighted by Crippen LogP contribution is -2.29. The first-order valence-electron chi connectivity index (χ1n) is 5.63. The summed E-state index contributed by atoms with van der Waals surface area (Å²) in [6.45, 7) is 1.43. The van der Waals surface area contributed by atoms with Crippen LogP contribution in [0.3, 0.4) is 0 Å². The van der Waals surface area contributed by atoms with E-state index in [1.165, 1.54) is 5.06 Å². The van der Waals surface area contributed by atoms with Crippen molar-refractivity contribution in [3.8, 4) is 0 Å². The lowest BCUT2D eigenvalue weighted by atomic mass is 9.92. The summed E-state index contributed by atoms with van der Waals surface area (Å²) in [5.74, 6) is 0.409. The van der Waals surface area contributed by atoms with E-state index in [-0.39, 0.29) is 12.4 Å². The number of nitrogens with zero attached hydrogens (tertiary/aromatic N) is 2. The molecule has 0 unspecified atom stereocenters. The summed E-state index contributed by atoms with van der Waals surface area (Å²) >= 11 is 0. The zero-order valence-corrected chi connectivity index (χ0v) is 10.2. The fraction of sp³-hybridized carbons (Fsp3) is 0.417. The molecule has 0 aliphatic carbocycles. The van der Waals surface area contributed by atoms with E-state index >= 15 is 0 Å². The van der Waals surface area contributed by atoms with E-state index < -0.39 is 0 Å². The van der Waals surface area contributed by atoms with Gasteiger partial charge in [0.15, 0.2) is 5.58 Å². The van der Waals surface area contributed by atoms with E-state index in [0.29, 0.717) is 19.0 Å². The second kappa shape index (κ2) is 5.04. The van der Waals surface area contributed by atoms with Gasteiger partial charge in [0.25, 0.3) is 0 Å². The first kappa shape index (κ1) is 12.4. The van der Waals surface area contributed by atoms with Gasteiger partial charge in [-0.25, -0.2) is 0 Å². The summed E-state index contributed by atoms with van der Waals surface area (Å²) in [6.07, 6.45) is 1.88. The molecule has 1 saturated heterocycles. The Bertz CT molecular complexity index is 492. The highest BCUT2D eigenvalue weighted by atomic mass is 35.5. The molecule has 1 aromatic carbocycles. The predicted octanol–water partition coefficient (Wildman–Crippen LogP) is 2.82. The van der Waals surface area contributed by atoms with Crippen LogP contribution in [0.15, 0.2) is 28.8 Å². The monoisotopic (exact) mass is 254 g/mol. The van der Waals surface area contributed by atoms with Crippen LogP contribution in [0.5, 0.6) is 0 Å². The Morgan fingerprint density at radius 1 is 1.24 bits per heavy atom. The van der Waals surface area contributed by atoms with Crippen molar-refractivity contribution in [2.75, 3.05) is 13.1 Å². The number of hydrogen-bond acceptors (Lipinski definition) is 4. The van der Waals surface area contributed by atoms with Crippen LogP contribution in [0, 0.1) is 0 Å². The normalized spacial score (nSPS) is 18.2. The molecule has 3 rings (SSSR count). The number of rotatable bonds is 1. The summed E-state index contributed by atoms with van der Waals surface area (Å²) in [5.41, 5.74) is 1.90. The predicted molar refractivity (Wildman–Crippen MR) is 66.6 cm³/mol. The summed E-state index contributed by atoms with van der Waals surface area (Å²) in [4.78, 5) is 0. The molecular formula is C12H15ClN2O2. The number of hydrogen-bond donors (Lipinski definition) is 1. The molecule has 0 saturated carbocycles. The third-order valence-corrected chi connectivity index (χ3v) is 3.26. The Morgan fingerprint density at radius 2 is 1.94 bits per heavy atom. The third kappa shape index (κ3) is 2.29. The maximum Gasteiger partial charge on any atom is 0.167 e. The zero-order valence-electron chi connectivity index (χ0n) is 9.37. The first-order valence-corrected chi connectivity index (χ1v) is 5.63. The third-order valence-electron chi connectivity index (χ3n) is 3.26. The van der Waals surface area contributed by atoms with Crippen LogP contribution in [0.1, 0.15) is 24.5 Å². The van der Waals surface area contributed by atoms with Crippen LogP contribution >= 0.6 is 12.4 Å². The molecule has 0 amide bonds. The molecule has 1 fully saturated rings. The van der Waals surface area contributed by atoms with Crippen LogP contribution in [0.2, 0.25) is 0 Å². The van der Waals surface area contributed by atoms with Gasteiger partial charge < -0.3 is 9.73 Å². The highest BCUT2D eigenvalue weighted by molar-refractivity contribution is 5.85. The lowest BCUT2D eigenvalue weighted by molar-refractivity contribution is -0.106. The van der Waals surface area contributed by atoms with Gasteiger partial charge in [0.1, 0.15) is 0 Å². The fourth-order valence-electron chi connectivity index (χ4n) is 2.34. The van der Waals surface area contributed by atoms with Crippen molar-refractivity contribution in [3.05, 3.63) is 30.0 Å². The summed E-state index contributed by atoms with van der Waals surface area (Å²) in [5, 5.41) is 16.0. The van der Waals surface area contributed by atoms with Gasteiger partial charge in [-0.3, -0.25) is 0 Å². The molecular weight excluding hydrogens is 240 g/mol. The molecule has 0 radical (unpaired) electrons. The Morgan fingerprint density at radius 3 is 2.71 bits per heavy atom. The van der Waals surface area contributed by atoms with E-state index in [1.807, 2.05) is 24.3 Å². The van der Waals surface area contributed by atoms with E-state index in [4.69, 9.17) is 4.52 Å². The van der Waals surface area contributed by atoms with Crippen molar-refractivity contribution in [3.63, 3.8) is 0 Å². The van der Waals surface area contributed by atoms with E-state index in [1.54, 1.807) is 0 Å². The first-order chi connectivity index (χ1) is 7.84. The van der Waals surface area contributed by atoms with E-state index in [9.17, 15) is 5.21 Å². The molecule has 2 aromatic rings. The van der Waals surface area contributed by atoms with Gasteiger partial charge in [-0.1, -0.05) is 17.3 Å². The average Bonchev–Trinajstić information content (AvgIpc) is 2.74. The Labute approximate surface area is 106 Å². The van der Waals surface area contributed by atoms with Crippen molar-refractivity contribution in [1.29, 1.82) is 0 Å². The Balaban J connectivity index is 0.00000108. The molecule has 2 heterocycles. The van der Waals surface area contributed by atoms with Crippen molar-refractivity contribution >= 4 is 23.4 Å². The molecule has 17 heavy (non-hydrogen) atoms. The minimum Gasteiger partial charge on any atom is -0.356 e. The maximum absolute atomic E-state index is 9.33. The number of aromatic nitrogens is 1. The molecule has 0 bridgehead atoms. The molecule has 92 valence electrons. The highest BCUT2D eigenvalue weighted by Gasteiger charge is 2.23. The van der Waals surface area contributed by atoms with Gasteiger partial charge in [-0.05, 0) is 25.0 Å². The minimum atomic E-state index is 0. The molecule has 1 aliphatic rings. The number of hydroxylamine groups is 2. The second-order valence-electron chi connectivity index (χ2n) is 4.29. The number of fused-ring (bicyclic) bond motifs is 1. The summed E-state index contributed by atoms with van der Waals surface area (Å²) < 4.78 is 5.30. The van der Waals surface area contributed by atoms with Gasteiger partial charge >= 0.3 is 0 Å². The largest absolute Gasteiger partial charge is 0.356 e. The van der Waals surface area contributed by atoms with Crippen molar-refractivity contribution < 1.29 is 9.73 Å². The highest BCUT2D eigenvalue weighted by Crippen LogP contribution is 2.31. The van der Waals surface area contributed by atoms with Crippen LogP contribution in [0.25, 0.3) is 11.0 Å². The zero-order chi connectivity index (χ0) is 11.0. The van der Waals surface area contributed by atoms with Gasteiger partial charge in [0.05, 0.1) is 5.69 Å². The van der Waals surface area contributed by atoms with Gasteiger partial charge in [0, 0.05) is 24.4 Å². The quantitative estimate of drug-likeness (QED) is 0.850. The molecule has 0 atom stereocenters. The Hall–Kier alpha value is -1.10. The second-order valence-corrected chi connectivity index (χ2v) is 4.29. The lowest BCUT2D eigenvalue weighted by Gasteiger charge is -2.26. The SMILES string of the molecule is Cl.ON1CCC(c2noc3ccccc23)CC1. The maximum atomic E-state index is 9.33. The minimum absolute atomic E-state index is 0. The van der Waals surface area contributed by atoms with Crippen molar-refractivity contribution in [1.82, 2.24) is 10.2 Å². The Kier molecular flexibility index (Phi) is 3.66. The molecule has 1 aromatic heterocycles. The summed E-state index contributed by atoms with van der Waals surface area (Å²) in [6, 6.07) is 7.94. The van der Waals surface area contributed by atoms with E-state index in [0.717, 1.165) is 29.5 Å². The number of piperidine rings is 1. The molecule has 1 N–H and O–H groups in total. The molecule has 1 aliphatic heterocycles. The van der Waals surface area contributed by atoms with Crippen LogP contribution in [-0.2, 0) is 0 Å². The molecule has 5 heteroatoms. The smallest absolute Gasteiger partial charge is 0.167 e. The van der Waals surface area contributed by atoms with Gasteiger partial charge in [0.2, 0.25) is 0 Å². The average molecular weight is 255 g/mol. The standard InChI is InChI=1S/C12H14N2O2.ClH/c15-14-7-5-9(6-8-14)12-10-3-1-2-4-11(10)16-13-12;/h1-4,9,15H,5-8H2;1H. The van der Waals surface area contributed by atoms with Crippen LogP contribution in [0.4, 0.5) is 0 Å². The van der Waals surface area contributed by atoms with Crippen LogP contribution in [-0.4, -0.2) is 28.5 Å². The van der Waals surface area contributed by atoms with Gasteiger partial charge in [-0.15, -0.1) is 12.4 Å². The van der Waals surface area contributed by atoms with Gasteiger partial charge in [-0.2, -0.15) is 5.06 Å². The number of halogens is 1. The molecule has 4 nitrogen and oxygen atoms in total. The van der Waals surface area contributed by atoms with E-state index in [2.05, 4.69) is 5.16 Å². The van der Waals surface area contributed by atoms with Crippen LogP contribution < -0.4 is 0 Å². The van der Waals surface area contributed by atoms with Crippen molar-refractivity contribution in [2.45, 2.75) is 18.8 Å². The fourth-order valence-corrected chi connectivity index (χ4v) is 2.34. The summed E-state index contributed by atoms with van der Waals surface area (Å²) in [7, 11) is 0.